The number of hydrogen-bond acceptors (Lipinski definition) is 5. The standard InChI is InChI=1S/C15H14I3NO5/c1-5(20)9-11(16)10(6(2)21)13(18)14(12(9)17)19-15(23)7(3)24-8(4)22/h7H,1-4H3,(H,19,23)/t7-/m0/s1. The maximum atomic E-state index is 12.2. The van der Waals surface area contributed by atoms with E-state index in [1.54, 1.807) is 0 Å². The van der Waals surface area contributed by atoms with Crippen LogP contribution in [-0.2, 0) is 14.3 Å². The van der Waals surface area contributed by atoms with Gasteiger partial charge >= 0.3 is 5.97 Å². The van der Waals surface area contributed by atoms with Gasteiger partial charge < -0.3 is 10.1 Å². The average molecular weight is 669 g/mol. The second-order valence-corrected chi connectivity index (χ2v) is 8.16. The van der Waals surface area contributed by atoms with Crippen LogP contribution in [0.5, 0.6) is 0 Å². The summed E-state index contributed by atoms with van der Waals surface area (Å²) in [7, 11) is 0. The number of amides is 1. The maximum Gasteiger partial charge on any atom is 0.303 e. The zero-order valence-electron chi connectivity index (χ0n) is 13.3. The number of ether oxygens (including phenoxy) is 1. The molecule has 1 aromatic rings. The maximum absolute atomic E-state index is 12.2. The predicted octanol–water partition coefficient (Wildman–Crippen LogP) is 3.80. The van der Waals surface area contributed by atoms with Gasteiger partial charge in [0.1, 0.15) is 0 Å². The second kappa shape index (κ2) is 8.87. The lowest BCUT2D eigenvalue weighted by atomic mass is 10.0. The van der Waals surface area contributed by atoms with Crippen molar-refractivity contribution in [3.05, 3.63) is 21.8 Å². The number of nitrogens with one attached hydrogen (secondary N) is 1. The molecule has 0 saturated carbocycles. The monoisotopic (exact) mass is 669 g/mol. The fourth-order valence-electron chi connectivity index (χ4n) is 1.92. The summed E-state index contributed by atoms with van der Waals surface area (Å²) in [6.07, 6.45) is -0.991. The van der Waals surface area contributed by atoms with Crippen LogP contribution < -0.4 is 5.32 Å². The van der Waals surface area contributed by atoms with Gasteiger partial charge in [-0.3, -0.25) is 19.2 Å². The van der Waals surface area contributed by atoms with E-state index in [0.717, 1.165) is 0 Å². The summed E-state index contributed by atoms with van der Waals surface area (Å²) in [5, 5.41) is 2.66. The molecule has 1 rings (SSSR count). The highest BCUT2D eigenvalue weighted by Gasteiger charge is 2.27. The Bertz CT molecular complexity index is 704. The van der Waals surface area contributed by atoms with Crippen molar-refractivity contribution in [1.82, 2.24) is 0 Å². The Balaban J connectivity index is 3.48. The van der Waals surface area contributed by atoms with Crippen molar-refractivity contribution in [3.63, 3.8) is 0 Å². The molecule has 0 radical (unpaired) electrons. The predicted molar refractivity (Wildman–Crippen MR) is 114 cm³/mol. The molecule has 1 atom stereocenters. The molecule has 0 bridgehead atoms. The molecule has 0 spiro atoms. The zero-order chi connectivity index (χ0) is 18.8. The molecule has 130 valence electrons. The van der Waals surface area contributed by atoms with Gasteiger partial charge in [-0.25, -0.2) is 0 Å². The molecule has 0 aromatic heterocycles. The van der Waals surface area contributed by atoms with E-state index in [1.165, 1.54) is 27.7 Å². The van der Waals surface area contributed by atoms with Crippen LogP contribution >= 0.6 is 67.8 Å². The van der Waals surface area contributed by atoms with Gasteiger partial charge in [-0.1, -0.05) is 0 Å². The molecule has 1 aromatic carbocycles. The van der Waals surface area contributed by atoms with Crippen molar-refractivity contribution < 1.29 is 23.9 Å². The summed E-state index contributed by atoms with van der Waals surface area (Å²) in [5.41, 5.74) is 1.14. The first-order valence-electron chi connectivity index (χ1n) is 6.69. The highest BCUT2D eigenvalue weighted by Crippen LogP contribution is 2.36. The van der Waals surface area contributed by atoms with Crippen LogP contribution in [0.2, 0.25) is 0 Å². The normalized spacial score (nSPS) is 11.6. The zero-order valence-corrected chi connectivity index (χ0v) is 19.7. The van der Waals surface area contributed by atoms with Crippen molar-refractivity contribution in [2.75, 3.05) is 5.32 Å². The SMILES string of the molecule is CC(=O)O[C@@H](C)C(=O)Nc1c(I)c(C(C)=O)c(I)c(C(C)=O)c1I. The van der Waals surface area contributed by atoms with Gasteiger partial charge in [0.15, 0.2) is 17.7 Å². The molecule has 0 aliphatic carbocycles. The third kappa shape index (κ3) is 4.86. The van der Waals surface area contributed by atoms with Crippen LogP contribution in [0.3, 0.4) is 0 Å². The van der Waals surface area contributed by atoms with Crippen molar-refractivity contribution in [1.29, 1.82) is 0 Å². The minimum Gasteiger partial charge on any atom is -0.453 e. The summed E-state index contributed by atoms with van der Waals surface area (Å²) >= 11 is 5.90. The van der Waals surface area contributed by atoms with Gasteiger partial charge in [0.05, 0.1) is 5.69 Å². The molecule has 1 N–H and O–H groups in total. The minimum atomic E-state index is -0.991. The van der Waals surface area contributed by atoms with Crippen molar-refractivity contribution >= 4 is 96.9 Å². The number of carbonyl (C=O) groups excluding carboxylic acids is 4. The number of ketones is 2. The Kier molecular flexibility index (Phi) is 8.03. The first-order chi connectivity index (χ1) is 11.0. The molecule has 1 amide bonds. The van der Waals surface area contributed by atoms with E-state index in [4.69, 9.17) is 4.74 Å². The van der Waals surface area contributed by atoms with E-state index >= 15 is 0 Å². The molecule has 0 heterocycles. The number of esters is 1. The molecule has 0 unspecified atom stereocenters. The second-order valence-electron chi connectivity index (χ2n) is 4.92. The van der Waals surface area contributed by atoms with Gasteiger partial charge in [0.2, 0.25) is 0 Å². The summed E-state index contributed by atoms with van der Waals surface area (Å²) in [6.45, 7) is 5.47. The molecule has 0 saturated heterocycles. The molecule has 24 heavy (non-hydrogen) atoms. The summed E-state index contributed by atoms with van der Waals surface area (Å²) in [6, 6.07) is 0. The molecule has 0 aliphatic rings. The third-order valence-corrected chi connectivity index (χ3v) is 6.22. The lowest BCUT2D eigenvalue weighted by Crippen LogP contribution is -2.30. The summed E-state index contributed by atoms with van der Waals surface area (Å²) in [4.78, 5) is 47.2. The van der Waals surface area contributed by atoms with E-state index in [0.29, 0.717) is 27.5 Å². The number of benzene rings is 1. The number of carbonyl (C=O) groups is 4. The van der Waals surface area contributed by atoms with Gasteiger partial charge in [-0.15, -0.1) is 0 Å². The fourth-order valence-corrected chi connectivity index (χ4v) is 6.87. The molecule has 9 heteroatoms. The van der Waals surface area contributed by atoms with Gasteiger partial charge in [0.25, 0.3) is 5.91 Å². The Morgan fingerprint density at radius 3 is 1.62 bits per heavy atom. The van der Waals surface area contributed by atoms with Gasteiger partial charge in [0, 0.05) is 28.8 Å². The fraction of sp³-hybridized carbons (Fsp3) is 0.333. The van der Waals surface area contributed by atoms with E-state index in [1.807, 2.05) is 67.8 Å². The Morgan fingerprint density at radius 1 is 0.875 bits per heavy atom. The van der Waals surface area contributed by atoms with Crippen molar-refractivity contribution in [2.45, 2.75) is 33.8 Å². The topological polar surface area (TPSA) is 89.5 Å². The quantitative estimate of drug-likeness (QED) is 0.293. The molecule has 0 fully saturated rings. The Hall–Kier alpha value is -0.310. The first-order valence-corrected chi connectivity index (χ1v) is 9.93. The molecular formula is C15H14I3NO5. The van der Waals surface area contributed by atoms with E-state index in [9.17, 15) is 19.2 Å². The minimum absolute atomic E-state index is 0.203. The first kappa shape index (κ1) is 21.7. The number of halogens is 3. The van der Waals surface area contributed by atoms with E-state index < -0.39 is 18.0 Å². The largest absolute Gasteiger partial charge is 0.453 e. The van der Waals surface area contributed by atoms with Crippen LogP contribution in [-0.4, -0.2) is 29.5 Å². The van der Waals surface area contributed by atoms with Crippen LogP contribution in [0.4, 0.5) is 5.69 Å². The number of rotatable bonds is 5. The Morgan fingerprint density at radius 2 is 1.29 bits per heavy atom. The molecule has 0 aliphatic heterocycles. The lowest BCUT2D eigenvalue weighted by molar-refractivity contribution is -0.150. The average Bonchev–Trinajstić information content (AvgIpc) is 2.41. The van der Waals surface area contributed by atoms with Gasteiger partial charge in [-0.05, 0) is 88.5 Å². The van der Waals surface area contributed by atoms with Crippen molar-refractivity contribution in [3.8, 4) is 0 Å². The Labute approximate surface area is 180 Å². The number of hydrogen-bond donors (Lipinski definition) is 1. The lowest BCUT2D eigenvalue weighted by Gasteiger charge is -2.19. The van der Waals surface area contributed by atoms with Crippen LogP contribution in [0.15, 0.2) is 0 Å². The highest BCUT2D eigenvalue weighted by molar-refractivity contribution is 14.1. The third-order valence-electron chi connectivity index (χ3n) is 2.98. The van der Waals surface area contributed by atoms with Crippen molar-refractivity contribution in [2.24, 2.45) is 0 Å². The molecular weight excluding hydrogens is 655 g/mol. The number of anilines is 1. The van der Waals surface area contributed by atoms with E-state index in [2.05, 4.69) is 5.32 Å². The van der Waals surface area contributed by atoms with Crippen LogP contribution in [0, 0.1) is 10.7 Å². The van der Waals surface area contributed by atoms with Crippen LogP contribution in [0.1, 0.15) is 48.4 Å². The number of Topliss-reactive ketones (excluding diaryl/α,β-unsaturated/α-hetero) is 2. The summed E-state index contributed by atoms with van der Waals surface area (Å²) < 4.78 is 6.50. The van der Waals surface area contributed by atoms with Crippen LogP contribution in [0.25, 0.3) is 0 Å². The van der Waals surface area contributed by atoms with Gasteiger partial charge in [-0.2, -0.15) is 0 Å². The smallest absolute Gasteiger partial charge is 0.303 e. The van der Waals surface area contributed by atoms with E-state index in [-0.39, 0.29) is 11.6 Å². The molecule has 6 nitrogen and oxygen atoms in total. The summed E-state index contributed by atoms with van der Waals surface area (Å²) in [5.74, 6) is -1.51. The highest BCUT2D eigenvalue weighted by atomic mass is 127.